The predicted octanol–water partition coefficient (Wildman–Crippen LogP) is 3.26. The molecule has 3 rings (SSSR count). The average molecular weight is 300 g/mol. The minimum Gasteiger partial charge on any atom is -0.452 e. The van der Waals surface area contributed by atoms with Crippen molar-refractivity contribution in [3.8, 4) is 0 Å². The number of aromatic nitrogens is 2. The van der Waals surface area contributed by atoms with Crippen LogP contribution in [0, 0.1) is 0 Å². The fourth-order valence-corrected chi connectivity index (χ4v) is 2.74. The largest absolute Gasteiger partial charge is 0.452 e. The molecule has 0 fully saturated rings. The van der Waals surface area contributed by atoms with Gasteiger partial charge in [0.1, 0.15) is 0 Å². The van der Waals surface area contributed by atoms with Gasteiger partial charge >= 0.3 is 5.97 Å². The lowest BCUT2D eigenvalue weighted by Gasteiger charge is -2.16. The fraction of sp³-hybridized carbons (Fsp3) is 0.471. The molecule has 5 heteroatoms. The number of fused-ring (bicyclic) bond motifs is 1. The average Bonchev–Trinajstić information content (AvgIpc) is 3.00. The Morgan fingerprint density at radius 3 is 2.91 bits per heavy atom. The Balaban J connectivity index is 1.61. The number of aryl methyl sites for hydroxylation is 3. The van der Waals surface area contributed by atoms with E-state index < -0.39 is 0 Å². The first-order valence-corrected chi connectivity index (χ1v) is 7.86. The summed E-state index contributed by atoms with van der Waals surface area (Å²) in [6.45, 7) is 2.07. The van der Waals surface area contributed by atoms with Gasteiger partial charge in [-0.15, -0.1) is 0 Å². The smallest absolute Gasteiger partial charge is 0.338 e. The molecule has 0 atom stereocenters. The minimum absolute atomic E-state index is 0.0205. The van der Waals surface area contributed by atoms with Gasteiger partial charge in [0.25, 0.3) is 5.89 Å². The van der Waals surface area contributed by atoms with Crippen molar-refractivity contribution in [3.05, 3.63) is 46.6 Å². The molecule has 0 bridgehead atoms. The standard InChI is InChI=1S/C17H20N2O3/c1-2-5-15-18-16(22-19-15)11-21-17(20)14-9-8-12-6-3-4-7-13(12)10-14/h8-10H,2-7,11H2,1H3. The highest BCUT2D eigenvalue weighted by Gasteiger charge is 2.15. The predicted molar refractivity (Wildman–Crippen MR) is 80.5 cm³/mol. The van der Waals surface area contributed by atoms with E-state index in [1.807, 2.05) is 25.1 Å². The summed E-state index contributed by atoms with van der Waals surface area (Å²) in [7, 11) is 0. The number of ether oxygens (including phenoxy) is 1. The molecule has 0 aliphatic heterocycles. The number of carbonyl (C=O) groups is 1. The zero-order valence-electron chi connectivity index (χ0n) is 12.8. The van der Waals surface area contributed by atoms with Crippen LogP contribution in [0.15, 0.2) is 22.7 Å². The molecular formula is C17H20N2O3. The summed E-state index contributed by atoms with van der Waals surface area (Å²) in [4.78, 5) is 16.3. The van der Waals surface area contributed by atoms with Gasteiger partial charge in [0, 0.05) is 6.42 Å². The van der Waals surface area contributed by atoms with Crippen LogP contribution >= 0.6 is 0 Å². The van der Waals surface area contributed by atoms with Gasteiger partial charge in [-0.2, -0.15) is 4.98 Å². The molecule has 1 aliphatic carbocycles. The van der Waals surface area contributed by atoms with E-state index in [2.05, 4.69) is 10.1 Å². The Kier molecular flexibility index (Phi) is 4.51. The second-order valence-corrected chi connectivity index (χ2v) is 5.62. The summed E-state index contributed by atoms with van der Waals surface area (Å²) in [6.07, 6.45) is 6.28. The topological polar surface area (TPSA) is 65.2 Å². The molecule has 0 saturated carbocycles. The zero-order chi connectivity index (χ0) is 15.4. The molecule has 2 aromatic rings. The summed E-state index contributed by atoms with van der Waals surface area (Å²) in [5, 5.41) is 3.84. The number of hydrogen-bond acceptors (Lipinski definition) is 5. The molecule has 0 unspecified atom stereocenters. The van der Waals surface area contributed by atoms with E-state index in [0.717, 1.165) is 25.7 Å². The lowest BCUT2D eigenvalue weighted by Crippen LogP contribution is -2.09. The SMILES string of the molecule is CCCc1noc(COC(=O)c2ccc3c(c2)CCCC3)n1. The highest BCUT2D eigenvalue weighted by Crippen LogP contribution is 2.22. The van der Waals surface area contributed by atoms with Crippen molar-refractivity contribution in [2.45, 2.75) is 52.1 Å². The van der Waals surface area contributed by atoms with Crippen LogP contribution < -0.4 is 0 Å². The maximum Gasteiger partial charge on any atom is 0.338 e. The second-order valence-electron chi connectivity index (χ2n) is 5.62. The summed E-state index contributed by atoms with van der Waals surface area (Å²) in [6, 6.07) is 5.83. The summed E-state index contributed by atoms with van der Waals surface area (Å²) < 4.78 is 10.3. The third kappa shape index (κ3) is 3.35. The Bertz CT molecular complexity index is 664. The van der Waals surface area contributed by atoms with Gasteiger partial charge in [0.2, 0.25) is 0 Å². The van der Waals surface area contributed by atoms with Crippen molar-refractivity contribution >= 4 is 5.97 Å². The Morgan fingerprint density at radius 2 is 2.09 bits per heavy atom. The van der Waals surface area contributed by atoms with Gasteiger partial charge in [0.15, 0.2) is 12.4 Å². The molecule has 0 N–H and O–H groups in total. The van der Waals surface area contributed by atoms with Gasteiger partial charge in [-0.25, -0.2) is 4.79 Å². The minimum atomic E-state index is -0.344. The van der Waals surface area contributed by atoms with E-state index in [1.165, 1.54) is 24.0 Å². The molecule has 0 amide bonds. The second kappa shape index (κ2) is 6.73. The van der Waals surface area contributed by atoms with Crippen LogP contribution in [0.5, 0.6) is 0 Å². The van der Waals surface area contributed by atoms with Crippen LogP contribution in [-0.2, 0) is 30.6 Å². The number of benzene rings is 1. The molecule has 1 heterocycles. The van der Waals surface area contributed by atoms with Gasteiger partial charge in [0.05, 0.1) is 5.56 Å². The van der Waals surface area contributed by atoms with Crippen LogP contribution in [0.25, 0.3) is 0 Å². The first kappa shape index (κ1) is 14.8. The van der Waals surface area contributed by atoms with Crippen molar-refractivity contribution in [2.75, 3.05) is 0 Å². The van der Waals surface area contributed by atoms with Crippen LogP contribution in [-0.4, -0.2) is 16.1 Å². The molecular weight excluding hydrogens is 280 g/mol. The lowest BCUT2D eigenvalue weighted by molar-refractivity contribution is 0.0429. The Labute approximate surface area is 129 Å². The molecule has 0 radical (unpaired) electrons. The van der Waals surface area contributed by atoms with E-state index in [9.17, 15) is 4.79 Å². The third-order valence-electron chi connectivity index (χ3n) is 3.89. The van der Waals surface area contributed by atoms with E-state index in [1.54, 1.807) is 0 Å². The van der Waals surface area contributed by atoms with Crippen molar-refractivity contribution in [1.82, 2.24) is 10.1 Å². The normalized spacial score (nSPS) is 13.7. The number of rotatable bonds is 5. The Hall–Kier alpha value is -2.17. The molecule has 22 heavy (non-hydrogen) atoms. The van der Waals surface area contributed by atoms with Gasteiger partial charge < -0.3 is 9.26 Å². The third-order valence-corrected chi connectivity index (χ3v) is 3.89. The fourth-order valence-electron chi connectivity index (χ4n) is 2.74. The van der Waals surface area contributed by atoms with Crippen molar-refractivity contribution in [1.29, 1.82) is 0 Å². The van der Waals surface area contributed by atoms with Crippen molar-refractivity contribution < 1.29 is 14.1 Å². The van der Waals surface area contributed by atoms with E-state index >= 15 is 0 Å². The molecule has 0 saturated heterocycles. The first-order chi connectivity index (χ1) is 10.8. The van der Waals surface area contributed by atoms with Crippen LogP contribution in [0.4, 0.5) is 0 Å². The van der Waals surface area contributed by atoms with Gasteiger partial charge in [-0.3, -0.25) is 0 Å². The summed E-state index contributed by atoms with van der Waals surface area (Å²) in [5.74, 6) is 0.653. The number of carbonyl (C=O) groups excluding carboxylic acids is 1. The van der Waals surface area contributed by atoms with Gasteiger partial charge in [-0.1, -0.05) is 18.1 Å². The molecule has 5 nitrogen and oxygen atoms in total. The number of nitrogens with zero attached hydrogens (tertiary/aromatic N) is 2. The van der Waals surface area contributed by atoms with E-state index in [4.69, 9.17) is 9.26 Å². The monoisotopic (exact) mass is 300 g/mol. The highest BCUT2D eigenvalue weighted by molar-refractivity contribution is 5.89. The highest BCUT2D eigenvalue weighted by atomic mass is 16.6. The molecule has 1 aromatic carbocycles. The maximum absolute atomic E-state index is 12.1. The van der Waals surface area contributed by atoms with Crippen LogP contribution in [0.3, 0.4) is 0 Å². The molecule has 116 valence electrons. The first-order valence-electron chi connectivity index (χ1n) is 7.86. The zero-order valence-corrected chi connectivity index (χ0v) is 12.8. The molecule has 1 aliphatic rings. The lowest BCUT2D eigenvalue weighted by atomic mass is 9.90. The summed E-state index contributed by atoms with van der Waals surface area (Å²) >= 11 is 0. The van der Waals surface area contributed by atoms with E-state index in [-0.39, 0.29) is 12.6 Å². The quantitative estimate of drug-likeness (QED) is 0.793. The summed E-state index contributed by atoms with van der Waals surface area (Å²) in [5.41, 5.74) is 3.21. The van der Waals surface area contributed by atoms with E-state index in [0.29, 0.717) is 17.3 Å². The van der Waals surface area contributed by atoms with Crippen LogP contribution in [0.1, 0.15) is 59.4 Å². The number of esters is 1. The van der Waals surface area contributed by atoms with Crippen molar-refractivity contribution in [3.63, 3.8) is 0 Å². The van der Waals surface area contributed by atoms with Crippen molar-refractivity contribution in [2.24, 2.45) is 0 Å². The molecule has 1 aromatic heterocycles. The van der Waals surface area contributed by atoms with Gasteiger partial charge in [-0.05, 0) is 55.4 Å². The maximum atomic E-state index is 12.1. The Morgan fingerprint density at radius 1 is 1.27 bits per heavy atom. The van der Waals surface area contributed by atoms with Crippen LogP contribution in [0.2, 0.25) is 0 Å². The number of hydrogen-bond donors (Lipinski definition) is 0. The molecule has 0 spiro atoms.